The third-order valence-corrected chi connectivity index (χ3v) is 6.12. The van der Waals surface area contributed by atoms with Crippen molar-refractivity contribution in [3.63, 3.8) is 0 Å². The molecule has 2 unspecified atom stereocenters. The van der Waals surface area contributed by atoms with Crippen LogP contribution in [0.4, 0.5) is 13.2 Å². The third-order valence-electron chi connectivity index (χ3n) is 6.12. The first kappa shape index (κ1) is 23.0. The normalized spacial score (nSPS) is 20.9. The molecule has 0 saturated carbocycles. The van der Waals surface area contributed by atoms with Crippen molar-refractivity contribution < 1.29 is 27.5 Å². The Hall–Kier alpha value is -3.20. The van der Waals surface area contributed by atoms with E-state index in [-0.39, 0.29) is 36.5 Å². The van der Waals surface area contributed by atoms with Gasteiger partial charge in [0.15, 0.2) is 5.60 Å². The number of hydrogen-bond donors (Lipinski definition) is 1. The number of imide groups is 1. The lowest BCUT2D eigenvalue weighted by atomic mass is 9.85. The van der Waals surface area contributed by atoms with E-state index in [1.165, 1.54) is 11.1 Å². The molecule has 1 aromatic carbocycles. The van der Waals surface area contributed by atoms with E-state index in [2.05, 4.69) is 10.3 Å². The van der Waals surface area contributed by atoms with Crippen LogP contribution < -0.4 is 5.32 Å². The molecule has 1 aliphatic carbocycles. The number of halogens is 3. The zero-order chi connectivity index (χ0) is 23.8. The Morgan fingerprint density at radius 3 is 2.42 bits per heavy atom. The van der Waals surface area contributed by atoms with Crippen molar-refractivity contribution in [2.24, 2.45) is 0 Å². The minimum Gasteiger partial charge on any atom is -0.381 e. The fourth-order valence-corrected chi connectivity index (χ4v) is 4.33. The highest BCUT2D eigenvalue weighted by molar-refractivity contribution is 6.21. The number of rotatable bonds is 7. The first-order valence-corrected chi connectivity index (χ1v) is 10.7. The predicted molar refractivity (Wildman–Crippen MR) is 115 cm³/mol. The number of alkyl halides is 3. The molecule has 2 aromatic rings. The van der Waals surface area contributed by atoms with Gasteiger partial charge in [0, 0.05) is 32.3 Å². The molecule has 4 rings (SSSR count). The standard InChI is InChI=1S/C24H24F3N3O3/c1-15(7-6-12-30-21(31)17-9-3-4-10-18(17)22(30)32)29-19-14-23(33-2,24(25,26)27)13-16-8-5-11-28-20(16)19/h3-5,8-11,14-15,29H,6-7,12-13H2,1-2H3. The second-order valence-electron chi connectivity index (χ2n) is 8.33. The van der Waals surface area contributed by atoms with Crippen LogP contribution in [0, 0.1) is 0 Å². The number of carbonyl (C=O) groups is 2. The lowest BCUT2D eigenvalue weighted by Gasteiger charge is -2.36. The van der Waals surface area contributed by atoms with Crippen LogP contribution >= 0.6 is 0 Å². The Kier molecular flexibility index (Phi) is 6.00. The van der Waals surface area contributed by atoms with E-state index in [1.54, 1.807) is 36.4 Å². The Balaban J connectivity index is 1.44. The number of aromatic nitrogens is 1. The number of fused-ring (bicyclic) bond motifs is 2. The number of pyridine rings is 1. The van der Waals surface area contributed by atoms with Crippen LogP contribution in [-0.4, -0.2) is 53.2 Å². The molecule has 2 heterocycles. The van der Waals surface area contributed by atoms with E-state index in [4.69, 9.17) is 4.74 Å². The van der Waals surface area contributed by atoms with Crippen LogP contribution in [-0.2, 0) is 11.2 Å². The Morgan fingerprint density at radius 1 is 1.15 bits per heavy atom. The molecule has 6 nitrogen and oxygen atoms in total. The number of methoxy groups -OCH3 is 1. The fraction of sp³-hybridized carbons (Fsp3) is 0.375. The first-order chi connectivity index (χ1) is 15.7. The summed E-state index contributed by atoms with van der Waals surface area (Å²) in [6.07, 6.45) is -1.33. The highest BCUT2D eigenvalue weighted by atomic mass is 19.4. The summed E-state index contributed by atoms with van der Waals surface area (Å²) in [5, 5.41) is 3.13. The van der Waals surface area contributed by atoms with Gasteiger partial charge in [-0.25, -0.2) is 0 Å². The van der Waals surface area contributed by atoms with Gasteiger partial charge < -0.3 is 10.1 Å². The van der Waals surface area contributed by atoms with Crippen molar-refractivity contribution in [1.29, 1.82) is 0 Å². The summed E-state index contributed by atoms with van der Waals surface area (Å²) in [4.78, 5) is 30.5. The summed E-state index contributed by atoms with van der Waals surface area (Å²) in [6.45, 7) is 2.07. The van der Waals surface area contributed by atoms with E-state index in [1.807, 2.05) is 6.92 Å². The number of benzene rings is 1. The topological polar surface area (TPSA) is 71.5 Å². The maximum atomic E-state index is 13.9. The van der Waals surface area contributed by atoms with Gasteiger partial charge in [-0.2, -0.15) is 13.2 Å². The molecule has 2 aliphatic rings. The third kappa shape index (κ3) is 4.13. The summed E-state index contributed by atoms with van der Waals surface area (Å²) >= 11 is 0. The molecule has 1 N–H and O–H groups in total. The van der Waals surface area contributed by atoms with Crippen LogP contribution in [0.25, 0.3) is 5.70 Å². The van der Waals surface area contributed by atoms with Crippen molar-refractivity contribution in [2.45, 2.75) is 44.0 Å². The van der Waals surface area contributed by atoms with Gasteiger partial charge >= 0.3 is 6.18 Å². The first-order valence-electron chi connectivity index (χ1n) is 10.7. The molecule has 0 spiro atoms. The maximum absolute atomic E-state index is 13.9. The second kappa shape index (κ2) is 8.62. The van der Waals surface area contributed by atoms with E-state index < -0.39 is 11.8 Å². The van der Waals surface area contributed by atoms with Crippen molar-refractivity contribution in [3.05, 3.63) is 71.1 Å². The zero-order valence-corrected chi connectivity index (χ0v) is 18.3. The lowest BCUT2D eigenvalue weighted by molar-refractivity contribution is -0.249. The number of nitrogens with one attached hydrogen (secondary N) is 1. The molecule has 9 heteroatoms. The number of hydrogen-bond acceptors (Lipinski definition) is 5. The molecule has 1 aromatic heterocycles. The molecule has 2 amide bonds. The van der Waals surface area contributed by atoms with Gasteiger partial charge in [0.2, 0.25) is 0 Å². The van der Waals surface area contributed by atoms with Crippen LogP contribution in [0.5, 0.6) is 0 Å². The van der Waals surface area contributed by atoms with Gasteiger partial charge in [-0.1, -0.05) is 18.2 Å². The number of carbonyl (C=O) groups excluding carboxylic acids is 2. The summed E-state index contributed by atoms with van der Waals surface area (Å²) in [7, 11) is 1.05. The lowest BCUT2D eigenvalue weighted by Crippen LogP contribution is -2.50. The monoisotopic (exact) mass is 459 g/mol. The highest BCUT2D eigenvalue weighted by Crippen LogP contribution is 2.42. The van der Waals surface area contributed by atoms with Crippen molar-refractivity contribution in [1.82, 2.24) is 15.2 Å². The molecule has 174 valence electrons. The van der Waals surface area contributed by atoms with E-state index in [0.717, 1.165) is 13.2 Å². The van der Waals surface area contributed by atoms with Crippen LogP contribution in [0.2, 0.25) is 0 Å². The molecule has 0 fully saturated rings. The second-order valence-corrected chi connectivity index (χ2v) is 8.33. The summed E-state index contributed by atoms with van der Waals surface area (Å²) < 4.78 is 46.6. The average Bonchev–Trinajstić information content (AvgIpc) is 3.03. The number of nitrogens with zero attached hydrogens (tertiary/aromatic N) is 2. The van der Waals surface area contributed by atoms with Gasteiger partial charge in [-0.15, -0.1) is 0 Å². The molecule has 0 bridgehead atoms. The zero-order valence-electron chi connectivity index (χ0n) is 18.3. The molecule has 0 radical (unpaired) electrons. The quantitative estimate of drug-likeness (QED) is 0.635. The molecule has 1 aliphatic heterocycles. The predicted octanol–water partition coefficient (Wildman–Crippen LogP) is 3.98. The van der Waals surface area contributed by atoms with Crippen molar-refractivity contribution >= 4 is 17.5 Å². The minimum absolute atomic E-state index is 0.233. The molecular weight excluding hydrogens is 435 g/mol. The van der Waals surface area contributed by atoms with Gasteiger partial charge in [-0.3, -0.25) is 19.5 Å². The molecule has 33 heavy (non-hydrogen) atoms. The summed E-state index contributed by atoms with van der Waals surface area (Å²) in [5.74, 6) is -0.640. The van der Waals surface area contributed by atoms with Crippen LogP contribution in [0.15, 0.2) is 48.7 Å². The van der Waals surface area contributed by atoms with Gasteiger partial charge in [0.05, 0.1) is 22.5 Å². The van der Waals surface area contributed by atoms with Crippen molar-refractivity contribution in [2.75, 3.05) is 13.7 Å². The SMILES string of the molecule is COC1(C(F)(F)F)C=C(NC(C)CCCN2C(=O)c3ccccc3C2=O)c2ncccc2C1. The Morgan fingerprint density at radius 2 is 1.82 bits per heavy atom. The van der Waals surface area contributed by atoms with E-state index in [0.29, 0.717) is 35.2 Å². The van der Waals surface area contributed by atoms with Gasteiger partial charge in [0.25, 0.3) is 11.8 Å². The summed E-state index contributed by atoms with van der Waals surface area (Å²) in [5.41, 5.74) is -0.491. The Labute approximate surface area is 189 Å². The van der Waals surface area contributed by atoms with Gasteiger partial charge in [-0.05, 0) is 49.6 Å². The Bertz CT molecular complexity index is 1080. The maximum Gasteiger partial charge on any atom is 0.421 e. The summed E-state index contributed by atoms with van der Waals surface area (Å²) in [6, 6.07) is 9.66. The smallest absolute Gasteiger partial charge is 0.381 e. The van der Waals surface area contributed by atoms with E-state index in [9.17, 15) is 22.8 Å². The highest BCUT2D eigenvalue weighted by Gasteiger charge is 2.56. The van der Waals surface area contributed by atoms with E-state index >= 15 is 0 Å². The molecular formula is C24H24F3N3O3. The van der Waals surface area contributed by atoms with Crippen LogP contribution in [0.1, 0.15) is 51.7 Å². The number of ether oxygens (including phenoxy) is 1. The van der Waals surface area contributed by atoms with Gasteiger partial charge in [0.1, 0.15) is 0 Å². The average molecular weight is 459 g/mol. The molecule has 0 saturated heterocycles. The van der Waals surface area contributed by atoms with Crippen LogP contribution in [0.3, 0.4) is 0 Å². The minimum atomic E-state index is -4.60. The number of amides is 2. The largest absolute Gasteiger partial charge is 0.421 e. The molecule has 2 atom stereocenters. The fourth-order valence-electron chi connectivity index (χ4n) is 4.33. The van der Waals surface area contributed by atoms with Crippen molar-refractivity contribution in [3.8, 4) is 0 Å².